The molecule has 2 aromatic carbocycles. The fraction of sp³-hybridized carbons (Fsp3) is 0.227. The molecular formula is C22H21N5O3. The van der Waals surface area contributed by atoms with Gasteiger partial charge in [0.1, 0.15) is 5.69 Å². The SMILES string of the molecule is O=C(Nc1cnc(-c2ccccc2)nc1)C1CCN(c2ccccc2[N+](=O)[O-])CC1. The molecule has 2 heterocycles. The normalized spacial score (nSPS) is 14.3. The molecule has 1 N–H and O–H groups in total. The average Bonchev–Trinajstić information content (AvgIpc) is 2.80. The Kier molecular flexibility index (Phi) is 5.65. The molecule has 0 unspecified atom stereocenters. The van der Waals surface area contributed by atoms with Crippen molar-refractivity contribution in [2.24, 2.45) is 5.92 Å². The van der Waals surface area contributed by atoms with Gasteiger partial charge in [0.05, 0.1) is 23.0 Å². The number of hydrogen-bond donors (Lipinski definition) is 1. The number of piperidine rings is 1. The third-order valence-corrected chi connectivity index (χ3v) is 5.24. The number of nitrogens with one attached hydrogen (secondary N) is 1. The van der Waals surface area contributed by atoms with E-state index in [0.29, 0.717) is 43.1 Å². The molecule has 1 aliphatic rings. The van der Waals surface area contributed by atoms with Gasteiger partial charge in [0, 0.05) is 30.6 Å². The monoisotopic (exact) mass is 403 g/mol. The van der Waals surface area contributed by atoms with Crippen molar-refractivity contribution in [2.45, 2.75) is 12.8 Å². The molecule has 0 radical (unpaired) electrons. The minimum absolute atomic E-state index is 0.0757. The number of hydrogen-bond acceptors (Lipinski definition) is 6. The highest BCUT2D eigenvalue weighted by Crippen LogP contribution is 2.31. The zero-order valence-corrected chi connectivity index (χ0v) is 16.3. The predicted octanol–water partition coefficient (Wildman–Crippen LogP) is 3.91. The first kappa shape index (κ1) is 19.5. The van der Waals surface area contributed by atoms with Gasteiger partial charge in [-0.3, -0.25) is 14.9 Å². The molecule has 152 valence electrons. The third kappa shape index (κ3) is 4.27. The molecule has 4 rings (SSSR count). The molecule has 0 aliphatic carbocycles. The first-order valence-electron chi connectivity index (χ1n) is 9.78. The van der Waals surface area contributed by atoms with Crippen molar-refractivity contribution in [3.05, 3.63) is 77.1 Å². The number of para-hydroxylation sites is 2. The number of aromatic nitrogens is 2. The van der Waals surface area contributed by atoms with Crippen LogP contribution in [-0.2, 0) is 4.79 Å². The summed E-state index contributed by atoms with van der Waals surface area (Å²) < 4.78 is 0. The number of nitro groups is 1. The molecule has 0 saturated carbocycles. The van der Waals surface area contributed by atoms with E-state index in [1.54, 1.807) is 30.6 Å². The van der Waals surface area contributed by atoms with Gasteiger partial charge in [-0.1, -0.05) is 42.5 Å². The van der Waals surface area contributed by atoms with Crippen molar-refractivity contribution in [1.29, 1.82) is 0 Å². The van der Waals surface area contributed by atoms with Crippen LogP contribution in [0.2, 0.25) is 0 Å². The lowest BCUT2D eigenvalue weighted by Crippen LogP contribution is -2.38. The molecule has 1 aromatic heterocycles. The van der Waals surface area contributed by atoms with Crippen LogP contribution in [0.3, 0.4) is 0 Å². The highest BCUT2D eigenvalue weighted by Gasteiger charge is 2.28. The molecular weight excluding hydrogens is 382 g/mol. The summed E-state index contributed by atoms with van der Waals surface area (Å²) in [7, 11) is 0. The molecule has 1 fully saturated rings. The quantitative estimate of drug-likeness (QED) is 0.512. The maximum Gasteiger partial charge on any atom is 0.292 e. The average molecular weight is 403 g/mol. The van der Waals surface area contributed by atoms with E-state index >= 15 is 0 Å². The third-order valence-electron chi connectivity index (χ3n) is 5.24. The Hall–Kier alpha value is -3.81. The van der Waals surface area contributed by atoms with Crippen LogP contribution in [-0.4, -0.2) is 33.9 Å². The molecule has 0 atom stereocenters. The Bertz CT molecular complexity index is 1030. The Balaban J connectivity index is 1.35. The Morgan fingerprint density at radius 1 is 1.00 bits per heavy atom. The minimum atomic E-state index is -0.368. The van der Waals surface area contributed by atoms with Crippen LogP contribution in [0.5, 0.6) is 0 Å². The van der Waals surface area contributed by atoms with Crippen molar-refractivity contribution in [3.8, 4) is 11.4 Å². The van der Waals surface area contributed by atoms with E-state index < -0.39 is 0 Å². The summed E-state index contributed by atoms with van der Waals surface area (Å²) in [5, 5.41) is 14.1. The van der Waals surface area contributed by atoms with Gasteiger partial charge in [-0.2, -0.15) is 0 Å². The lowest BCUT2D eigenvalue weighted by molar-refractivity contribution is -0.384. The van der Waals surface area contributed by atoms with Crippen LogP contribution in [0, 0.1) is 16.0 Å². The van der Waals surface area contributed by atoms with Crippen LogP contribution in [0.15, 0.2) is 67.0 Å². The highest BCUT2D eigenvalue weighted by atomic mass is 16.6. The molecule has 1 amide bonds. The number of benzene rings is 2. The molecule has 0 spiro atoms. The number of rotatable bonds is 5. The molecule has 1 aliphatic heterocycles. The first-order valence-corrected chi connectivity index (χ1v) is 9.78. The van der Waals surface area contributed by atoms with Crippen LogP contribution in [0.4, 0.5) is 17.1 Å². The van der Waals surface area contributed by atoms with Crippen LogP contribution in [0.25, 0.3) is 11.4 Å². The van der Waals surface area contributed by atoms with Gasteiger partial charge in [-0.05, 0) is 18.9 Å². The van der Waals surface area contributed by atoms with Crippen molar-refractivity contribution in [3.63, 3.8) is 0 Å². The fourth-order valence-electron chi connectivity index (χ4n) is 3.64. The summed E-state index contributed by atoms with van der Waals surface area (Å²) in [5.74, 6) is 0.373. The van der Waals surface area contributed by atoms with E-state index in [1.165, 1.54) is 6.07 Å². The van der Waals surface area contributed by atoms with Crippen molar-refractivity contribution in [1.82, 2.24) is 9.97 Å². The molecule has 0 bridgehead atoms. The number of anilines is 2. The molecule has 3 aromatic rings. The Morgan fingerprint density at radius 3 is 2.30 bits per heavy atom. The molecule has 8 heteroatoms. The summed E-state index contributed by atoms with van der Waals surface area (Å²) in [5.41, 5.74) is 2.17. The van der Waals surface area contributed by atoms with Gasteiger partial charge in [0.15, 0.2) is 5.82 Å². The van der Waals surface area contributed by atoms with E-state index in [2.05, 4.69) is 15.3 Å². The largest absolute Gasteiger partial charge is 0.366 e. The van der Waals surface area contributed by atoms with E-state index in [0.717, 1.165) is 5.56 Å². The Morgan fingerprint density at radius 2 is 1.63 bits per heavy atom. The van der Waals surface area contributed by atoms with E-state index in [-0.39, 0.29) is 22.4 Å². The summed E-state index contributed by atoms with van der Waals surface area (Å²) in [6, 6.07) is 16.3. The highest BCUT2D eigenvalue weighted by molar-refractivity contribution is 5.92. The number of nitrogens with zero attached hydrogens (tertiary/aromatic N) is 4. The molecule has 8 nitrogen and oxygen atoms in total. The van der Waals surface area contributed by atoms with Crippen LogP contribution < -0.4 is 10.2 Å². The van der Waals surface area contributed by atoms with E-state index in [9.17, 15) is 14.9 Å². The summed E-state index contributed by atoms with van der Waals surface area (Å²) >= 11 is 0. The second-order valence-electron chi connectivity index (χ2n) is 7.16. The van der Waals surface area contributed by atoms with Gasteiger partial charge in [0.2, 0.25) is 5.91 Å². The number of nitro benzene ring substituents is 1. The summed E-state index contributed by atoms with van der Waals surface area (Å²) in [6.45, 7) is 1.18. The lowest BCUT2D eigenvalue weighted by atomic mass is 9.95. The minimum Gasteiger partial charge on any atom is -0.366 e. The summed E-state index contributed by atoms with van der Waals surface area (Å²) in [6.07, 6.45) is 4.47. The van der Waals surface area contributed by atoms with Crippen LogP contribution in [0.1, 0.15) is 12.8 Å². The first-order chi connectivity index (χ1) is 14.6. The van der Waals surface area contributed by atoms with Crippen LogP contribution >= 0.6 is 0 Å². The van der Waals surface area contributed by atoms with Crippen molar-refractivity contribution < 1.29 is 9.72 Å². The maximum atomic E-state index is 12.6. The second kappa shape index (κ2) is 8.69. The predicted molar refractivity (Wildman–Crippen MR) is 114 cm³/mol. The fourth-order valence-corrected chi connectivity index (χ4v) is 3.64. The van der Waals surface area contributed by atoms with E-state index in [4.69, 9.17) is 0 Å². The Labute approximate surface area is 173 Å². The number of carbonyl (C=O) groups is 1. The van der Waals surface area contributed by atoms with Crippen molar-refractivity contribution in [2.75, 3.05) is 23.3 Å². The van der Waals surface area contributed by atoms with Crippen molar-refractivity contribution >= 4 is 23.0 Å². The zero-order chi connectivity index (χ0) is 20.9. The molecule has 1 saturated heterocycles. The smallest absolute Gasteiger partial charge is 0.292 e. The zero-order valence-electron chi connectivity index (χ0n) is 16.3. The lowest BCUT2D eigenvalue weighted by Gasteiger charge is -2.32. The van der Waals surface area contributed by atoms with Gasteiger partial charge < -0.3 is 10.2 Å². The van der Waals surface area contributed by atoms with Gasteiger partial charge in [0.25, 0.3) is 5.69 Å². The second-order valence-corrected chi connectivity index (χ2v) is 7.16. The van der Waals surface area contributed by atoms with Gasteiger partial charge in [-0.25, -0.2) is 9.97 Å². The number of carbonyl (C=O) groups excluding carboxylic acids is 1. The number of amides is 1. The maximum absolute atomic E-state index is 12.6. The van der Waals surface area contributed by atoms with Gasteiger partial charge >= 0.3 is 0 Å². The molecule has 30 heavy (non-hydrogen) atoms. The summed E-state index contributed by atoms with van der Waals surface area (Å²) in [4.78, 5) is 34.2. The van der Waals surface area contributed by atoms with Gasteiger partial charge in [-0.15, -0.1) is 0 Å². The van der Waals surface area contributed by atoms with E-state index in [1.807, 2.05) is 35.2 Å². The topological polar surface area (TPSA) is 101 Å². The standard InChI is InChI=1S/C22H21N5O3/c28-22(25-18-14-23-21(24-15-18)16-6-2-1-3-7-16)17-10-12-26(13-11-17)19-8-4-5-9-20(19)27(29)30/h1-9,14-15,17H,10-13H2,(H,25,28).